The van der Waals surface area contributed by atoms with Gasteiger partial charge in [0.05, 0.1) is 22.2 Å². The maximum Gasteiger partial charge on any atom is 0.243 e. The summed E-state index contributed by atoms with van der Waals surface area (Å²) in [6.07, 6.45) is 0. The Morgan fingerprint density at radius 3 is 2.22 bits per heavy atom. The number of rotatable bonds is 6. The zero-order chi connectivity index (χ0) is 20.2. The Kier molecular flexibility index (Phi) is 6.83. The van der Waals surface area contributed by atoms with E-state index >= 15 is 0 Å². The monoisotopic (exact) mass is 429 g/mol. The molecule has 10 heteroatoms. The predicted molar refractivity (Wildman–Crippen MR) is 106 cm³/mol. The molecule has 2 aromatic carbocycles. The zero-order valence-corrected chi connectivity index (χ0v) is 16.8. The Hall–Kier alpha value is -2.13. The van der Waals surface area contributed by atoms with E-state index in [2.05, 4.69) is 10.6 Å². The smallest absolute Gasteiger partial charge is 0.243 e. The Balaban J connectivity index is 2.05. The second-order valence-electron chi connectivity index (χ2n) is 5.64. The van der Waals surface area contributed by atoms with Crippen molar-refractivity contribution in [2.45, 2.75) is 11.8 Å². The summed E-state index contributed by atoms with van der Waals surface area (Å²) < 4.78 is 25.9. The lowest BCUT2D eigenvalue weighted by atomic mass is 10.2. The van der Waals surface area contributed by atoms with Gasteiger partial charge in [0, 0.05) is 24.7 Å². The molecule has 0 aliphatic rings. The Labute approximate surface area is 167 Å². The lowest BCUT2D eigenvalue weighted by Crippen LogP contribution is -2.34. The number of sulfonamides is 1. The van der Waals surface area contributed by atoms with Crippen LogP contribution in [0.15, 0.2) is 47.4 Å². The average Bonchev–Trinajstić information content (AvgIpc) is 2.57. The van der Waals surface area contributed by atoms with Crippen LogP contribution < -0.4 is 10.6 Å². The molecule has 0 fully saturated rings. The summed E-state index contributed by atoms with van der Waals surface area (Å²) in [6.45, 7) is 0.957. The molecule has 0 radical (unpaired) electrons. The maximum absolute atomic E-state index is 12.5. The Bertz CT molecular complexity index is 963. The van der Waals surface area contributed by atoms with Crippen molar-refractivity contribution in [1.82, 2.24) is 4.31 Å². The molecular weight excluding hydrogens is 413 g/mol. The van der Waals surface area contributed by atoms with E-state index in [0.29, 0.717) is 16.4 Å². The van der Waals surface area contributed by atoms with E-state index in [0.717, 1.165) is 4.31 Å². The molecule has 0 bridgehead atoms. The first-order valence-electron chi connectivity index (χ1n) is 7.68. The molecule has 0 spiro atoms. The summed E-state index contributed by atoms with van der Waals surface area (Å²) in [7, 11) is -2.53. The van der Waals surface area contributed by atoms with Gasteiger partial charge >= 0.3 is 0 Å². The summed E-state index contributed by atoms with van der Waals surface area (Å²) in [5.41, 5.74) is 0.779. The Morgan fingerprint density at radius 1 is 1.04 bits per heavy atom. The van der Waals surface area contributed by atoms with E-state index < -0.39 is 22.5 Å². The largest absolute Gasteiger partial charge is 0.325 e. The summed E-state index contributed by atoms with van der Waals surface area (Å²) in [5, 5.41) is 5.76. The average molecular weight is 430 g/mol. The molecule has 0 aromatic heterocycles. The molecule has 0 aliphatic carbocycles. The second kappa shape index (κ2) is 8.71. The SMILES string of the molecule is CC(=O)Nc1ccc(NC(=O)CN(C)S(=O)(=O)c2ccc(Cl)cc2)cc1Cl. The van der Waals surface area contributed by atoms with Gasteiger partial charge in [0.15, 0.2) is 0 Å². The summed E-state index contributed by atoms with van der Waals surface area (Å²) in [6, 6.07) is 10.2. The molecule has 7 nitrogen and oxygen atoms in total. The van der Waals surface area contributed by atoms with Crippen molar-refractivity contribution < 1.29 is 18.0 Å². The number of amides is 2. The van der Waals surface area contributed by atoms with Crippen LogP contribution in [-0.2, 0) is 19.6 Å². The van der Waals surface area contributed by atoms with E-state index in [-0.39, 0.29) is 15.8 Å². The fourth-order valence-corrected chi connectivity index (χ4v) is 3.64. The lowest BCUT2D eigenvalue weighted by molar-refractivity contribution is -0.116. The molecule has 0 atom stereocenters. The normalized spacial score (nSPS) is 11.3. The van der Waals surface area contributed by atoms with Crippen LogP contribution in [0, 0.1) is 0 Å². The van der Waals surface area contributed by atoms with Crippen molar-refractivity contribution in [1.29, 1.82) is 0 Å². The number of hydrogen-bond acceptors (Lipinski definition) is 4. The van der Waals surface area contributed by atoms with E-state index in [1.165, 1.54) is 50.4 Å². The molecule has 144 valence electrons. The van der Waals surface area contributed by atoms with Crippen molar-refractivity contribution in [3.63, 3.8) is 0 Å². The highest BCUT2D eigenvalue weighted by Crippen LogP contribution is 2.25. The standard InChI is InChI=1S/C17H17Cl2N3O4S/c1-11(23)20-16-8-5-13(9-15(16)19)21-17(24)10-22(2)27(25,26)14-6-3-12(18)4-7-14/h3-9H,10H2,1-2H3,(H,20,23)(H,21,24). The molecule has 2 aromatic rings. The van der Waals surface area contributed by atoms with Crippen LogP contribution in [0.3, 0.4) is 0 Å². The van der Waals surface area contributed by atoms with E-state index in [9.17, 15) is 18.0 Å². The molecule has 0 heterocycles. The van der Waals surface area contributed by atoms with Gasteiger partial charge in [-0.25, -0.2) is 8.42 Å². The highest BCUT2D eigenvalue weighted by Gasteiger charge is 2.23. The quantitative estimate of drug-likeness (QED) is 0.736. The summed E-state index contributed by atoms with van der Waals surface area (Å²) in [5.74, 6) is -0.818. The van der Waals surface area contributed by atoms with Gasteiger partial charge in [0.25, 0.3) is 0 Å². The van der Waals surface area contributed by atoms with Crippen LogP contribution in [-0.4, -0.2) is 38.1 Å². The van der Waals surface area contributed by atoms with E-state index in [4.69, 9.17) is 23.2 Å². The van der Waals surface area contributed by atoms with Gasteiger partial charge < -0.3 is 10.6 Å². The first kappa shape index (κ1) is 21.2. The lowest BCUT2D eigenvalue weighted by Gasteiger charge is -2.17. The van der Waals surface area contributed by atoms with Gasteiger partial charge in [-0.3, -0.25) is 9.59 Å². The van der Waals surface area contributed by atoms with Gasteiger partial charge in [-0.05, 0) is 42.5 Å². The molecule has 2 amide bonds. The Morgan fingerprint density at radius 2 is 1.67 bits per heavy atom. The molecule has 2 N–H and O–H groups in total. The van der Waals surface area contributed by atoms with Gasteiger partial charge in [-0.2, -0.15) is 4.31 Å². The second-order valence-corrected chi connectivity index (χ2v) is 8.53. The van der Waals surface area contributed by atoms with Crippen LogP contribution in [0.2, 0.25) is 10.0 Å². The van der Waals surface area contributed by atoms with Crippen LogP contribution in [0.1, 0.15) is 6.92 Å². The number of halogens is 2. The minimum absolute atomic E-state index is 0.0323. The first-order chi connectivity index (χ1) is 12.6. The van der Waals surface area contributed by atoms with Gasteiger partial charge in [-0.15, -0.1) is 0 Å². The third-order valence-electron chi connectivity index (χ3n) is 3.45. The summed E-state index contributed by atoms with van der Waals surface area (Å²) >= 11 is 11.8. The van der Waals surface area contributed by atoms with Gasteiger partial charge in [0.2, 0.25) is 21.8 Å². The van der Waals surface area contributed by atoms with Gasteiger partial charge in [-0.1, -0.05) is 23.2 Å². The third kappa shape index (κ3) is 5.67. The number of carbonyl (C=O) groups is 2. The van der Waals surface area contributed by atoms with Crippen LogP contribution in [0.4, 0.5) is 11.4 Å². The third-order valence-corrected chi connectivity index (χ3v) is 5.83. The topological polar surface area (TPSA) is 95.6 Å². The minimum atomic E-state index is -3.83. The van der Waals surface area contributed by atoms with E-state index in [1.54, 1.807) is 6.07 Å². The number of benzene rings is 2. The molecule has 2 rings (SSSR count). The van der Waals surface area contributed by atoms with Crippen LogP contribution in [0.25, 0.3) is 0 Å². The number of nitrogens with zero attached hydrogens (tertiary/aromatic N) is 1. The summed E-state index contributed by atoms with van der Waals surface area (Å²) in [4.78, 5) is 23.3. The van der Waals surface area contributed by atoms with Crippen LogP contribution in [0.5, 0.6) is 0 Å². The number of anilines is 2. The maximum atomic E-state index is 12.5. The predicted octanol–water partition coefficient (Wildman–Crippen LogP) is 3.21. The minimum Gasteiger partial charge on any atom is -0.325 e. The molecule has 0 saturated carbocycles. The van der Waals surface area contributed by atoms with Crippen molar-refractivity contribution in [3.05, 3.63) is 52.5 Å². The van der Waals surface area contributed by atoms with Crippen LogP contribution >= 0.6 is 23.2 Å². The highest BCUT2D eigenvalue weighted by atomic mass is 35.5. The number of hydrogen-bond donors (Lipinski definition) is 2. The molecule has 0 unspecified atom stereocenters. The molecule has 0 aliphatic heterocycles. The molecule has 0 saturated heterocycles. The number of carbonyl (C=O) groups excluding carboxylic acids is 2. The van der Waals surface area contributed by atoms with Crippen molar-refractivity contribution in [3.8, 4) is 0 Å². The van der Waals surface area contributed by atoms with Gasteiger partial charge in [0.1, 0.15) is 0 Å². The fraction of sp³-hybridized carbons (Fsp3) is 0.176. The number of nitrogens with one attached hydrogen (secondary N) is 2. The zero-order valence-electron chi connectivity index (χ0n) is 14.5. The van der Waals surface area contributed by atoms with Crippen molar-refractivity contribution in [2.24, 2.45) is 0 Å². The first-order valence-corrected chi connectivity index (χ1v) is 9.88. The van der Waals surface area contributed by atoms with E-state index in [1.807, 2.05) is 0 Å². The van der Waals surface area contributed by atoms with Crippen molar-refractivity contribution in [2.75, 3.05) is 24.2 Å². The fourth-order valence-electron chi connectivity index (χ4n) is 2.16. The number of likely N-dealkylation sites (N-methyl/N-ethyl adjacent to an activating group) is 1. The van der Waals surface area contributed by atoms with Crippen molar-refractivity contribution >= 4 is 56.4 Å². The highest BCUT2D eigenvalue weighted by molar-refractivity contribution is 7.89. The molecule has 27 heavy (non-hydrogen) atoms. The molecular formula is C17H17Cl2N3O4S.